The third kappa shape index (κ3) is 2.59. The van der Waals surface area contributed by atoms with Gasteiger partial charge in [0.1, 0.15) is 12.4 Å². The lowest BCUT2D eigenvalue weighted by molar-refractivity contribution is 0.0601. The van der Waals surface area contributed by atoms with Gasteiger partial charge in [-0.3, -0.25) is 0 Å². The second kappa shape index (κ2) is 5.40. The zero-order chi connectivity index (χ0) is 13.2. The van der Waals surface area contributed by atoms with Gasteiger partial charge in [0.2, 0.25) is 5.09 Å². The highest BCUT2D eigenvalue weighted by atomic mass is 32.2. The van der Waals surface area contributed by atoms with Crippen LogP contribution in [0.2, 0.25) is 0 Å². The number of nitrogens with zero attached hydrogens (tertiary/aromatic N) is 1. The highest BCUT2D eigenvalue weighted by molar-refractivity contribution is 7.89. The molecule has 0 bridgehead atoms. The van der Waals surface area contributed by atoms with Crippen molar-refractivity contribution in [2.75, 3.05) is 20.2 Å². The lowest BCUT2D eigenvalue weighted by atomic mass is 10.1. The SMILES string of the molecule is COC1CCN(S(=O)(=O)c2ccc(CO)o2)CC1. The number of aliphatic hydroxyl groups is 1. The number of ether oxygens (including phenoxy) is 1. The van der Waals surface area contributed by atoms with E-state index in [0.29, 0.717) is 25.9 Å². The Morgan fingerprint density at radius 3 is 2.61 bits per heavy atom. The van der Waals surface area contributed by atoms with Crippen LogP contribution in [0.1, 0.15) is 18.6 Å². The smallest absolute Gasteiger partial charge is 0.276 e. The minimum Gasteiger partial charge on any atom is -0.446 e. The summed E-state index contributed by atoms with van der Waals surface area (Å²) >= 11 is 0. The van der Waals surface area contributed by atoms with Gasteiger partial charge in [-0.25, -0.2) is 8.42 Å². The van der Waals surface area contributed by atoms with Gasteiger partial charge in [0.05, 0.1) is 6.10 Å². The monoisotopic (exact) mass is 275 g/mol. The first-order chi connectivity index (χ1) is 8.57. The standard InChI is InChI=1S/C11H17NO5S/c1-16-9-4-6-12(7-5-9)18(14,15)11-3-2-10(8-13)17-11/h2-3,9,13H,4-8H2,1H3. The number of methoxy groups -OCH3 is 1. The van der Waals surface area contributed by atoms with Crippen molar-refractivity contribution in [3.63, 3.8) is 0 Å². The topological polar surface area (TPSA) is 80.0 Å². The van der Waals surface area contributed by atoms with Crippen LogP contribution in [0.25, 0.3) is 0 Å². The van der Waals surface area contributed by atoms with E-state index in [-0.39, 0.29) is 23.6 Å². The maximum atomic E-state index is 12.2. The molecule has 1 aromatic heterocycles. The van der Waals surface area contributed by atoms with E-state index in [4.69, 9.17) is 14.3 Å². The molecule has 1 aromatic rings. The molecule has 18 heavy (non-hydrogen) atoms. The van der Waals surface area contributed by atoms with Crippen molar-refractivity contribution in [3.8, 4) is 0 Å². The summed E-state index contributed by atoms with van der Waals surface area (Å²) in [6.07, 6.45) is 1.49. The molecule has 1 aliphatic heterocycles. The molecule has 0 spiro atoms. The molecule has 1 N–H and O–H groups in total. The third-order valence-corrected chi connectivity index (χ3v) is 4.89. The zero-order valence-electron chi connectivity index (χ0n) is 10.2. The lowest BCUT2D eigenvalue weighted by Gasteiger charge is -2.29. The molecular formula is C11H17NO5S. The van der Waals surface area contributed by atoms with E-state index >= 15 is 0 Å². The first-order valence-corrected chi connectivity index (χ1v) is 7.24. The Bertz CT molecular complexity index is 487. The lowest BCUT2D eigenvalue weighted by Crippen LogP contribution is -2.40. The average Bonchev–Trinajstić information content (AvgIpc) is 2.88. The Morgan fingerprint density at radius 1 is 1.44 bits per heavy atom. The molecule has 1 fully saturated rings. The summed E-state index contributed by atoms with van der Waals surface area (Å²) in [6.45, 7) is 0.549. The van der Waals surface area contributed by atoms with Gasteiger partial charge in [0.15, 0.2) is 0 Å². The zero-order valence-corrected chi connectivity index (χ0v) is 11.0. The molecule has 2 heterocycles. The number of piperidine rings is 1. The van der Waals surface area contributed by atoms with Gasteiger partial charge in [-0.2, -0.15) is 4.31 Å². The Kier molecular flexibility index (Phi) is 4.06. The second-order valence-corrected chi connectivity index (χ2v) is 6.09. The molecule has 2 rings (SSSR count). The van der Waals surface area contributed by atoms with Gasteiger partial charge in [-0.15, -0.1) is 0 Å². The predicted octanol–water partition coefficient (Wildman–Crippen LogP) is 0.571. The van der Waals surface area contributed by atoms with Crippen molar-refractivity contribution in [3.05, 3.63) is 17.9 Å². The van der Waals surface area contributed by atoms with Crippen LogP contribution in [0.15, 0.2) is 21.6 Å². The Labute approximate surface area is 106 Å². The van der Waals surface area contributed by atoms with Gasteiger partial charge in [0.25, 0.3) is 10.0 Å². The summed E-state index contributed by atoms with van der Waals surface area (Å²) < 4.78 is 36.1. The molecule has 0 saturated carbocycles. The summed E-state index contributed by atoms with van der Waals surface area (Å²) in [5.41, 5.74) is 0. The van der Waals surface area contributed by atoms with E-state index < -0.39 is 10.0 Å². The Morgan fingerprint density at radius 2 is 2.11 bits per heavy atom. The van der Waals surface area contributed by atoms with Crippen molar-refractivity contribution in [1.29, 1.82) is 0 Å². The maximum Gasteiger partial charge on any atom is 0.276 e. The van der Waals surface area contributed by atoms with Crippen LogP contribution in [-0.4, -0.2) is 44.1 Å². The van der Waals surface area contributed by atoms with E-state index in [1.165, 1.54) is 16.4 Å². The molecular weight excluding hydrogens is 258 g/mol. The molecule has 0 amide bonds. The summed E-state index contributed by atoms with van der Waals surface area (Å²) in [4.78, 5) is 0. The van der Waals surface area contributed by atoms with Crippen molar-refractivity contribution < 1.29 is 22.7 Å². The molecule has 1 saturated heterocycles. The number of sulfonamides is 1. The number of hydrogen-bond acceptors (Lipinski definition) is 5. The number of aliphatic hydroxyl groups excluding tert-OH is 1. The van der Waals surface area contributed by atoms with Crippen molar-refractivity contribution >= 4 is 10.0 Å². The fourth-order valence-electron chi connectivity index (χ4n) is 2.02. The van der Waals surface area contributed by atoms with Crippen molar-refractivity contribution in [1.82, 2.24) is 4.31 Å². The van der Waals surface area contributed by atoms with Crippen molar-refractivity contribution in [2.45, 2.75) is 30.6 Å². The fraction of sp³-hybridized carbons (Fsp3) is 0.636. The van der Waals surface area contributed by atoms with E-state index in [0.717, 1.165) is 0 Å². The highest BCUT2D eigenvalue weighted by Crippen LogP contribution is 2.23. The molecule has 6 nitrogen and oxygen atoms in total. The van der Waals surface area contributed by atoms with Gasteiger partial charge in [0, 0.05) is 20.2 Å². The van der Waals surface area contributed by atoms with Crippen LogP contribution in [0.4, 0.5) is 0 Å². The quantitative estimate of drug-likeness (QED) is 0.869. The Balaban J connectivity index is 2.12. The van der Waals surface area contributed by atoms with Gasteiger partial charge in [-0.1, -0.05) is 0 Å². The van der Waals surface area contributed by atoms with E-state index in [2.05, 4.69) is 0 Å². The minimum absolute atomic E-state index is 0.109. The van der Waals surface area contributed by atoms with Crippen LogP contribution in [0.3, 0.4) is 0 Å². The summed E-state index contributed by atoms with van der Waals surface area (Å²) in [7, 11) is -1.95. The first-order valence-electron chi connectivity index (χ1n) is 5.80. The van der Waals surface area contributed by atoms with Crippen LogP contribution >= 0.6 is 0 Å². The summed E-state index contributed by atoms with van der Waals surface area (Å²) in [5.74, 6) is 0.250. The fourth-order valence-corrected chi connectivity index (χ4v) is 3.42. The van der Waals surface area contributed by atoms with E-state index in [1.54, 1.807) is 7.11 Å². The van der Waals surface area contributed by atoms with Crippen LogP contribution in [-0.2, 0) is 21.4 Å². The third-order valence-electron chi connectivity index (χ3n) is 3.12. The molecule has 0 aromatic carbocycles. The second-order valence-electron chi connectivity index (χ2n) is 4.22. The molecule has 0 unspecified atom stereocenters. The number of hydrogen-bond donors (Lipinski definition) is 1. The van der Waals surface area contributed by atoms with Crippen LogP contribution < -0.4 is 0 Å². The van der Waals surface area contributed by atoms with E-state index in [9.17, 15) is 8.42 Å². The molecule has 1 aliphatic rings. The Hall–Kier alpha value is -0.890. The first kappa shape index (κ1) is 13.5. The molecule has 0 radical (unpaired) electrons. The van der Waals surface area contributed by atoms with Crippen LogP contribution in [0.5, 0.6) is 0 Å². The average molecular weight is 275 g/mol. The van der Waals surface area contributed by atoms with E-state index in [1.807, 2.05) is 0 Å². The number of furan rings is 1. The summed E-state index contributed by atoms with van der Waals surface area (Å²) in [6, 6.07) is 2.85. The molecule has 7 heteroatoms. The van der Waals surface area contributed by atoms with Crippen LogP contribution in [0, 0.1) is 0 Å². The summed E-state index contributed by atoms with van der Waals surface area (Å²) in [5, 5.41) is 8.77. The number of rotatable bonds is 4. The van der Waals surface area contributed by atoms with Gasteiger partial charge < -0.3 is 14.3 Å². The van der Waals surface area contributed by atoms with Gasteiger partial charge in [-0.05, 0) is 25.0 Å². The van der Waals surface area contributed by atoms with Crippen molar-refractivity contribution in [2.24, 2.45) is 0 Å². The predicted molar refractivity (Wildman–Crippen MR) is 63.4 cm³/mol. The maximum absolute atomic E-state index is 12.2. The highest BCUT2D eigenvalue weighted by Gasteiger charge is 2.31. The molecule has 102 valence electrons. The molecule has 0 aliphatic carbocycles. The van der Waals surface area contributed by atoms with Gasteiger partial charge >= 0.3 is 0 Å². The normalized spacial score (nSPS) is 19.2. The largest absolute Gasteiger partial charge is 0.446 e. The minimum atomic E-state index is -3.58. The molecule has 0 atom stereocenters.